The molecule has 19 heavy (non-hydrogen) atoms. The van der Waals surface area contributed by atoms with Gasteiger partial charge in [-0.2, -0.15) is 0 Å². The van der Waals surface area contributed by atoms with E-state index in [2.05, 4.69) is 5.32 Å². The van der Waals surface area contributed by atoms with Gasteiger partial charge in [0.1, 0.15) is 0 Å². The van der Waals surface area contributed by atoms with Gasteiger partial charge in [0.15, 0.2) is 6.54 Å². The Morgan fingerprint density at radius 2 is 1.68 bits per heavy atom. The number of amides is 1. The summed E-state index contributed by atoms with van der Waals surface area (Å²) in [6, 6.07) is 9.76. The molecule has 0 saturated carbocycles. The second kappa shape index (κ2) is 6.06. The number of halogens is 1. The third-order valence-corrected chi connectivity index (χ3v) is 4.57. The second-order valence-corrected chi connectivity index (χ2v) is 5.82. The van der Waals surface area contributed by atoms with Crippen molar-refractivity contribution in [2.45, 2.75) is 19.3 Å². The quantitative estimate of drug-likeness (QED) is 0.729. The summed E-state index contributed by atoms with van der Waals surface area (Å²) < 4.78 is 1.02. The third kappa shape index (κ3) is 3.37. The minimum atomic E-state index is 0. The van der Waals surface area contributed by atoms with E-state index in [1.807, 2.05) is 30.3 Å². The number of fused-ring (bicyclic) bond motifs is 3. The van der Waals surface area contributed by atoms with Gasteiger partial charge in [0.2, 0.25) is 0 Å². The van der Waals surface area contributed by atoms with E-state index >= 15 is 0 Å². The van der Waals surface area contributed by atoms with Crippen LogP contribution in [0.5, 0.6) is 0 Å². The van der Waals surface area contributed by atoms with Crippen molar-refractivity contribution in [3.63, 3.8) is 0 Å². The van der Waals surface area contributed by atoms with Crippen molar-refractivity contribution < 1.29 is 26.3 Å². The highest BCUT2D eigenvalue weighted by molar-refractivity contribution is 5.91. The highest BCUT2D eigenvalue weighted by Crippen LogP contribution is 2.33. The number of nitrogens with zero attached hydrogens (tertiary/aromatic N) is 1. The standard InChI is InChI=1S/C15H20N2O.BrH/c18-15(16-14-4-2-1-3-5-14)12-17-9-6-13(7-10-17)8-11-17;/h1-5,13H,6-12H2;1H. The lowest BCUT2D eigenvalue weighted by atomic mass is 9.86. The summed E-state index contributed by atoms with van der Waals surface area (Å²) in [5, 5.41) is 3.01. The molecule has 1 N–H and O–H groups in total. The fourth-order valence-corrected chi connectivity index (χ4v) is 3.40. The maximum absolute atomic E-state index is 12.1. The predicted octanol–water partition coefficient (Wildman–Crippen LogP) is -0.740. The number of quaternary nitrogens is 1. The lowest BCUT2D eigenvalue weighted by Crippen LogP contribution is -3.00. The number of piperidine rings is 3. The van der Waals surface area contributed by atoms with Gasteiger partial charge >= 0.3 is 0 Å². The van der Waals surface area contributed by atoms with Crippen molar-refractivity contribution in [2.24, 2.45) is 5.92 Å². The van der Waals surface area contributed by atoms with Gasteiger partial charge in [0, 0.05) is 5.69 Å². The summed E-state index contributed by atoms with van der Waals surface area (Å²) in [6.45, 7) is 4.26. The molecule has 3 nitrogen and oxygen atoms in total. The van der Waals surface area contributed by atoms with Crippen LogP contribution in [0.3, 0.4) is 0 Å². The fourth-order valence-electron chi connectivity index (χ4n) is 3.40. The molecule has 104 valence electrons. The average Bonchev–Trinajstić information content (AvgIpc) is 2.41. The first kappa shape index (κ1) is 14.5. The first-order valence-electron chi connectivity index (χ1n) is 6.96. The summed E-state index contributed by atoms with van der Waals surface area (Å²) in [4.78, 5) is 12.1. The van der Waals surface area contributed by atoms with Gasteiger partial charge in [0.25, 0.3) is 5.91 Å². The van der Waals surface area contributed by atoms with E-state index < -0.39 is 0 Å². The largest absolute Gasteiger partial charge is 1.00 e. The number of hydrogen-bond acceptors (Lipinski definition) is 1. The number of nitrogens with one attached hydrogen (secondary N) is 1. The monoisotopic (exact) mass is 324 g/mol. The van der Waals surface area contributed by atoms with Gasteiger partial charge in [-0.25, -0.2) is 0 Å². The van der Waals surface area contributed by atoms with Crippen molar-refractivity contribution in [3.8, 4) is 0 Å². The molecule has 0 aromatic heterocycles. The molecule has 0 spiro atoms. The van der Waals surface area contributed by atoms with Crippen molar-refractivity contribution in [3.05, 3.63) is 30.3 Å². The molecule has 2 bridgehead atoms. The SMILES string of the molecule is O=C(C[N+]12CCC(CC1)CC2)Nc1ccccc1.[Br-]. The Morgan fingerprint density at radius 1 is 1.11 bits per heavy atom. The van der Waals surface area contributed by atoms with E-state index in [4.69, 9.17) is 0 Å². The minimum Gasteiger partial charge on any atom is -1.00 e. The summed E-state index contributed by atoms with van der Waals surface area (Å²) >= 11 is 0. The fraction of sp³-hybridized carbons (Fsp3) is 0.533. The number of carbonyl (C=O) groups is 1. The third-order valence-electron chi connectivity index (χ3n) is 4.57. The van der Waals surface area contributed by atoms with Gasteiger partial charge in [-0.1, -0.05) is 18.2 Å². The Morgan fingerprint density at radius 3 is 2.26 bits per heavy atom. The number of para-hydroxylation sites is 1. The summed E-state index contributed by atoms with van der Waals surface area (Å²) in [6.07, 6.45) is 3.95. The van der Waals surface area contributed by atoms with E-state index in [1.54, 1.807) is 0 Å². The molecule has 4 heteroatoms. The summed E-state index contributed by atoms with van der Waals surface area (Å²) in [5.74, 6) is 1.11. The van der Waals surface area contributed by atoms with Crippen LogP contribution in [-0.2, 0) is 4.79 Å². The molecule has 3 heterocycles. The van der Waals surface area contributed by atoms with Gasteiger partial charge in [-0.05, 0) is 37.3 Å². The maximum Gasteiger partial charge on any atom is 0.279 e. The van der Waals surface area contributed by atoms with Crippen LogP contribution in [0.1, 0.15) is 19.3 Å². The summed E-state index contributed by atoms with van der Waals surface area (Å²) in [5.41, 5.74) is 0.910. The Kier molecular flexibility index (Phi) is 4.63. The molecule has 0 unspecified atom stereocenters. The van der Waals surface area contributed by atoms with Gasteiger partial charge in [0.05, 0.1) is 19.6 Å². The zero-order chi connectivity index (χ0) is 12.4. The molecule has 3 aliphatic rings. The average molecular weight is 325 g/mol. The molecule has 1 aromatic rings. The molecular formula is C15H21BrN2O. The highest BCUT2D eigenvalue weighted by atomic mass is 79.9. The molecule has 0 aliphatic carbocycles. The van der Waals surface area contributed by atoms with E-state index in [0.29, 0.717) is 6.54 Å². The van der Waals surface area contributed by atoms with Crippen LogP contribution < -0.4 is 22.3 Å². The van der Waals surface area contributed by atoms with E-state index in [0.717, 1.165) is 16.1 Å². The van der Waals surface area contributed by atoms with Crippen LogP contribution in [0.15, 0.2) is 30.3 Å². The number of anilines is 1. The van der Waals surface area contributed by atoms with Crippen LogP contribution in [0, 0.1) is 5.92 Å². The molecule has 3 saturated heterocycles. The van der Waals surface area contributed by atoms with E-state index in [-0.39, 0.29) is 22.9 Å². The topological polar surface area (TPSA) is 29.1 Å². The zero-order valence-electron chi connectivity index (χ0n) is 11.1. The van der Waals surface area contributed by atoms with Crippen LogP contribution in [0.25, 0.3) is 0 Å². The number of hydrogen-bond donors (Lipinski definition) is 1. The predicted molar refractivity (Wildman–Crippen MR) is 72.1 cm³/mol. The van der Waals surface area contributed by atoms with Crippen LogP contribution in [0.2, 0.25) is 0 Å². The molecule has 0 atom stereocenters. The molecule has 3 aliphatic heterocycles. The van der Waals surface area contributed by atoms with Crippen molar-refractivity contribution in [1.82, 2.24) is 0 Å². The van der Waals surface area contributed by atoms with Crippen molar-refractivity contribution >= 4 is 11.6 Å². The Labute approximate surface area is 125 Å². The normalized spacial score (nSPS) is 28.5. The van der Waals surface area contributed by atoms with Crippen molar-refractivity contribution in [2.75, 3.05) is 31.5 Å². The van der Waals surface area contributed by atoms with Gasteiger partial charge < -0.3 is 26.8 Å². The highest BCUT2D eigenvalue weighted by Gasteiger charge is 2.40. The Balaban J connectivity index is 0.00000133. The number of rotatable bonds is 3. The van der Waals surface area contributed by atoms with Crippen LogP contribution in [-0.4, -0.2) is 36.6 Å². The van der Waals surface area contributed by atoms with E-state index in [9.17, 15) is 4.79 Å². The molecule has 1 amide bonds. The Hall–Kier alpha value is -0.870. The van der Waals surface area contributed by atoms with Crippen LogP contribution in [0.4, 0.5) is 5.69 Å². The molecule has 3 fully saturated rings. The lowest BCUT2D eigenvalue weighted by Gasteiger charge is -2.48. The smallest absolute Gasteiger partial charge is 0.279 e. The maximum atomic E-state index is 12.1. The molecular weight excluding hydrogens is 304 g/mol. The van der Waals surface area contributed by atoms with E-state index in [1.165, 1.54) is 38.9 Å². The van der Waals surface area contributed by atoms with Gasteiger partial charge in [-0.3, -0.25) is 4.79 Å². The molecule has 0 radical (unpaired) electrons. The number of benzene rings is 1. The Bertz CT molecular complexity index is 413. The molecule has 1 aromatic carbocycles. The first-order valence-corrected chi connectivity index (χ1v) is 6.96. The zero-order valence-corrected chi connectivity index (χ0v) is 12.7. The van der Waals surface area contributed by atoms with Crippen molar-refractivity contribution in [1.29, 1.82) is 0 Å². The van der Waals surface area contributed by atoms with Crippen LogP contribution >= 0.6 is 0 Å². The lowest BCUT2D eigenvalue weighted by molar-refractivity contribution is -0.935. The number of carbonyl (C=O) groups excluding carboxylic acids is 1. The summed E-state index contributed by atoms with van der Waals surface area (Å²) in [7, 11) is 0. The minimum absolute atomic E-state index is 0. The first-order chi connectivity index (χ1) is 8.76. The molecule has 4 rings (SSSR count). The second-order valence-electron chi connectivity index (χ2n) is 5.82. The van der Waals surface area contributed by atoms with Gasteiger partial charge in [-0.15, -0.1) is 0 Å².